The number of carboxylic acids is 1. The summed E-state index contributed by atoms with van der Waals surface area (Å²) in [5.74, 6) is -0.717. The first-order valence-corrected chi connectivity index (χ1v) is 5.03. The third-order valence-electron chi connectivity index (χ3n) is 1.98. The molecule has 0 aromatic heterocycles. The molecule has 0 saturated carbocycles. The summed E-state index contributed by atoms with van der Waals surface area (Å²) in [4.78, 5) is 23.3. The van der Waals surface area contributed by atoms with E-state index in [-0.39, 0.29) is 18.8 Å². The molecule has 0 aliphatic carbocycles. The Labute approximate surface area is 96.2 Å². The van der Waals surface area contributed by atoms with Gasteiger partial charge in [0.05, 0.1) is 6.54 Å². The second-order valence-corrected chi connectivity index (χ2v) is 3.24. The van der Waals surface area contributed by atoms with Crippen molar-refractivity contribution in [2.75, 3.05) is 6.54 Å². The number of unbranched alkanes of at least 4 members (excludes halogenated alkanes) is 5. The van der Waals surface area contributed by atoms with Crippen molar-refractivity contribution in [3.8, 4) is 0 Å². The van der Waals surface area contributed by atoms with E-state index >= 15 is 0 Å². The van der Waals surface area contributed by atoms with E-state index in [4.69, 9.17) is 5.11 Å². The number of rotatable bonds is 9. The van der Waals surface area contributed by atoms with Gasteiger partial charge >= 0.3 is 5.97 Å². The predicted octanol–water partition coefficient (Wildman–Crippen LogP) is 2.56. The number of isocyanates is 1. The van der Waals surface area contributed by atoms with Crippen molar-refractivity contribution in [1.29, 1.82) is 0 Å². The molecule has 0 amide bonds. The lowest BCUT2D eigenvalue weighted by molar-refractivity contribution is -0.137. The molecule has 5 heteroatoms. The van der Waals surface area contributed by atoms with E-state index in [9.17, 15) is 9.59 Å². The molecule has 0 rings (SSSR count). The van der Waals surface area contributed by atoms with E-state index in [1.807, 2.05) is 0 Å². The molecule has 15 heavy (non-hydrogen) atoms. The highest BCUT2D eigenvalue weighted by Crippen LogP contribution is 2.06. The molecular weight excluding hydrogens is 218 g/mol. The van der Waals surface area contributed by atoms with Crippen molar-refractivity contribution in [1.82, 2.24) is 0 Å². The maximum atomic E-state index is 10.2. The summed E-state index contributed by atoms with van der Waals surface area (Å²) in [6.07, 6.45) is 7.65. The molecule has 0 unspecified atom stereocenters. The highest BCUT2D eigenvalue weighted by Gasteiger charge is 1.96. The van der Waals surface area contributed by atoms with Gasteiger partial charge in [-0.15, -0.1) is 12.4 Å². The van der Waals surface area contributed by atoms with Crippen molar-refractivity contribution in [3.05, 3.63) is 0 Å². The minimum absolute atomic E-state index is 0. The smallest absolute Gasteiger partial charge is 0.303 e. The molecule has 0 aromatic carbocycles. The number of carbonyl (C=O) groups excluding carboxylic acids is 1. The van der Waals surface area contributed by atoms with Crippen LogP contribution < -0.4 is 0 Å². The lowest BCUT2D eigenvalue weighted by atomic mass is 10.1. The summed E-state index contributed by atoms with van der Waals surface area (Å²) in [5.41, 5.74) is 0. The van der Waals surface area contributed by atoms with Gasteiger partial charge in [-0.05, 0) is 12.8 Å². The van der Waals surface area contributed by atoms with Crippen LogP contribution in [0.2, 0.25) is 0 Å². The number of nitrogens with zero attached hydrogens (tertiary/aromatic N) is 1. The molecule has 0 spiro atoms. The molecule has 0 bridgehead atoms. The average Bonchev–Trinajstić information content (AvgIpc) is 2.15. The third kappa shape index (κ3) is 15.9. The molecule has 1 N–H and O–H groups in total. The maximum absolute atomic E-state index is 10.2. The molecular formula is C10H18ClNO3. The third-order valence-corrected chi connectivity index (χ3v) is 1.98. The minimum atomic E-state index is -0.717. The molecule has 0 saturated heterocycles. The van der Waals surface area contributed by atoms with Crippen LogP contribution in [0.15, 0.2) is 4.99 Å². The number of hydrogen-bond donors (Lipinski definition) is 1. The van der Waals surface area contributed by atoms with Gasteiger partial charge in [0.2, 0.25) is 6.08 Å². The van der Waals surface area contributed by atoms with Crippen LogP contribution in [-0.4, -0.2) is 23.7 Å². The second kappa shape index (κ2) is 13.1. The van der Waals surface area contributed by atoms with Crippen molar-refractivity contribution < 1.29 is 14.7 Å². The first-order chi connectivity index (χ1) is 6.77. The topological polar surface area (TPSA) is 66.7 Å². The number of hydrogen-bond acceptors (Lipinski definition) is 3. The Kier molecular flexibility index (Phi) is 14.5. The summed E-state index contributed by atoms with van der Waals surface area (Å²) < 4.78 is 0. The van der Waals surface area contributed by atoms with Crippen LogP contribution >= 0.6 is 12.4 Å². The van der Waals surface area contributed by atoms with Crippen LogP contribution in [-0.2, 0) is 9.59 Å². The maximum Gasteiger partial charge on any atom is 0.303 e. The molecule has 0 radical (unpaired) electrons. The number of carbonyl (C=O) groups is 1. The average molecular weight is 236 g/mol. The standard InChI is InChI=1S/C10H17NO3.ClH/c12-9-11-8-6-4-2-1-3-5-7-10(13)14;/h1-8H2,(H,13,14);1H. The summed E-state index contributed by atoms with van der Waals surface area (Å²) in [6, 6.07) is 0. The minimum Gasteiger partial charge on any atom is -0.481 e. The van der Waals surface area contributed by atoms with E-state index in [2.05, 4.69) is 4.99 Å². The highest BCUT2D eigenvalue weighted by atomic mass is 35.5. The summed E-state index contributed by atoms with van der Waals surface area (Å²) >= 11 is 0. The molecule has 88 valence electrons. The van der Waals surface area contributed by atoms with E-state index in [1.165, 1.54) is 6.08 Å². The molecule has 4 nitrogen and oxygen atoms in total. The van der Waals surface area contributed by atoms with Crippen LogP contribution in [0.5, 0.6) is 0 Å². The zero-order valence-electron chi connectivity index (χ0n) is 8.78. The zero-order chi connectivity index (χ0) is 10.6. The Morgan fingerprint density at radius 1 is 1.07 bits per heavy atom. The van der Waals surface area contributed by atoms with Crippen molar-refractivity contribution in [2.24, 2.45) is 4.99 Å². The Morgan fingerprint density at radius 3 is 2.13 bits per heavy atom. The van der Waals surface area contributed by atoms with Gasteiger partial charge in [0, 0.05) is 6.42 Å². The normalized spacial score (nSPS) is 8.80. The molecule has 0 atom stereocenters. The van der Waals surface area contributed by atoms with Crippen molar-refractivity contribution in [3.63, 3.8) is 0 Å². The van der Waals surface area contributed by atoms with E-state index in [0.717, 1.165) is 38.5 Å². The number of aliphatic carboxylic acids is 1. The van der Waals surface area contributed by atoms with E-state index < -0.39 is 5.97 Å². The van der Waals surface area contributed by atoms with Crippen LogP contribution in [0.3, 0.4) is 0 Å². The Hall–Kier alpha value is -0.860. The van der Waals surface area contributed by atoms with Crippen LogP contribution in [0, 0.1) is 0 Å². The van der Waals surface area contributed by atoms with Gasteiger partial charge in [0.15, 0.2) is 0 Å². The van der Waals surface area contributed by atoms with Crippen LogP contribution in [0.1, 0.15) is 44.9 Å². The molecule has 0 aliphatic rings. The van der Waals surface area contributed by atoms with Crippen molar-refractivity contribution in [2.45, 2.75) is 44.9 Å². The van der Waals surface area contributed by atoms with Crippen LogP contribution in [0.4, 0.5) is 0 Å². The van der Waals surface area contributed by atoms with Gasteiger partial charge in [0.1, 0.15) is 0 Å². The second-order valence-electron chi connectivity index (χ2n) is 3.24. The molecule has 0 aromatic rings. The largest absolute Gasteiger partial charge is 0.481 e. The van der Waals surface area contributed by atoms with Gasteiger partial charge in [-0.25, -0.2) is 9.79 Å². The monoisotopic (exact) mass is 235 g/mol. The first kappa shape index (κ1) is 16.6. The highest BCUT2D eigenvalue weighted by molar-refractivity contribution is 5.85. The zero-order valence-corrected chi connectivity index (χ0v) is 9.59. The Bertz CT molecular complexity index is 195. The first-order valence-electron chi connectivity index (χ1n) is 5.03. The van der Waals surface area contributed by atoms with E-state index in [0.29, 0.717) is 6.54 Å². The summed E-state index contributed by atoms with van der Waals surface area (Å²) in [5, 5.41) is 8.36. The Balaban J connectivity index is 0. The molecule has 0 fully saturated rings. The summed E-state index contributed by atoms with van der Waals surface area (Å²) in [6.45, 7) is 0.568. The van der Waals surface area contributed by atoms with E-state index in [1.54, 1.807) is 0 Å². The number of aliphatic imine (C=N–C) groups is 1. The SMILES string of the molecule is Cl.O=C=NCCCCCCCCC(=O)O. The van der Waals surface area contributed by atoms with Crippen molar-refractivity contribution >= 4 is 24.5 Å². The van der Waals surface area contributed by atoms with Gasteiger partial charge in [-0.3, -0.25) is 4.79 Å². The fourth-order valence-electron chi connectivity index (χ4n) is 1.22. The molecule has 0 heterocycles. The fraction of sp³-hybridized carbons (Fsp3) is 0.800. The predicted molar refractivity (Wildman–Crippen MR) is 60.2 cm³/mol. The van der Waals surface area contributed by atoms with Gasteiger partial charge < -0.3 is 5.11 Å². The van der Waals surface area contributed by atoms with Crippen LogP contribution in [0.25, 0.3) is 0 Å². The lowest BCUT2D eigenvalue weighted by Crippen LogP contribution is -1.93. The van der Waals surface area contributed by atoms with Gasteiger partial charge in [0.25, 0.3) is 0 Å². The number of carboxylic acid groups (broad SMARTS) is 1. The number of halogens is 1. The Morgan fingerprint density at radius 2 is 1.60 bits per heavy atom. The summed E-state index contributed by atoms with van der Waals surface area (Å²) in [7, 11) is 0. The fourth-order valence-corrected chi connectivity index (χ4v) is 1.22. The molecule has 0 aliphatic heterocycles. The lowest BCUT2D eigenvalue weighted by Gasteiger charge is -1.98. The van der Waals surface area contributed by atoms with Gasteiger partial charge in [-0.2, -0.15) is 0 Å². The quantitative estimate of drug-likeness (QED) is 0.379. The van der Waals surface area contributed by atoms with Gasteiger partial charge in [-0.1, -0.05) is 25.7 Å².